The third-order valence-corrected chi connectivity index (χ3v) is 5.02. The predicted molar refractivity (Wildman–Crippen MR) is 104 cm³/mol. The Bertz CT molecular complexity index is 845. The second kappa shape index (κ2) is 7.19. The molecule has 3 aromatic rings. The standard InChI is InChI=1S/C21H24N4/c22-13-12-16-7-6-14-25(15-16)21-23-19-11-5-4-10-18(19)20(24-21)17-8-2-1-3-9-17/h1-5,8-11,16H,6-7,12-15,22H2. The van der Waals surface area contributed by atoms with Gasteiger partial charge in [0.2, 0.25) is 5.95 Å². The minimum Gasteiger partial charge on any atom is -0.341 e. The van der Waals surface area contributed by atoms with Crippen molar-refractivity contribution in [3.8, 4) is 11.3 Å². The zero-order valence-corrected chi connectivity index (χ0v) is 14.4. The van der Waals surface area contributed by atoms with E-state index in [1.165, 1.54) is 12.8 Å². The van der Waals surface area contributed by atoms with E-state index in [0.717, 1.165) is 54.2 Å². The summed E-state index contributed by atoms with van der Waals surface area (Å²) >= 11 is 0. The van der Waals surface area contributed by atoms with Crippen LogP contribution >= 0.6 is 0 Å². The zero-order valence-electron chi connectivity index (χ0n) is 14.4. The highest BCUT2D eigenvalue weighted by atomic mass is 15.3. The maximum absolute atomic E-state index is 5.77. The highest BCUT2D eigenvalue weighted by Crippen LogP contribution is 2.30. The number of fused-ring (bicyclic) bond motifs is 1. The molecule has 0 radical (unpaired) electrons. The van der Waals surface area contributed by atoms with Gasteiger partial charge in [-0.15, -0.1) is 0 Å². The number of anilines is 1. The van der Waals surface area contributed by atoms with Crippen LogP contribution in [0.5, 0.6) is 0 Å². The molecule has 4 heteroatoms. The van der Waals surface area contributed by atoms with Crippen LogP contribution in [-0.2, 0) is 0 Å². The monoisotopic (exact) mass is 332 g/mol. The summed E-state index contributed by atoms with van der Waals surface area (Å²) in [6.45, 7) is 2.78. The maximum Gasteiger partial charge on any atom is 0.226 e. The van der Waals surface area contributed by atoms with Crippen LogP contribution in [0, 0.1) is 5.92 Å². The number of hydrogen-bond acceptors (Lipinski definition) is 4. The van der Waals surface area contributed by atoms with Crippen molar-refractivity contribution in [2.75, 3.05) is 24.5 Å². The lowest BCUT2D eigenvalue weighted by Gasteiger charge is -2.33. The molecule has 1 aromatic heterocycles. The summed E-state index contributed by atoms with van der Waals surface area (Å²) in [4.78, 5) is 12.2. The van der Waals surface area contributed by atoms with Gasteiger partial charge >= 0.3 is 0 Å². The fourth-order valence-corrected chi connectivity index (χ4v) is 3.74. The van der Waals surface area contributed by atoms with Crippen LogP contribution in [0.2, 0.25) is 0 Å². The fraction of sp³-hybridized carbons (Fsp3) is 0.333. The van der Waals surface area contributed by atoms with Crippen molar-refractivity contribution >= 4 is 16.9 Å². The normalized spacial score (nSPS) is 17.8. The summed E-state index contributed by atoms with van der Waals surface area (Å²) in [6, 6.07) is 18.7. The van der Waals surface area contributed by atoms with Crippen LogP contribution < -0.4 is 10.6 Å². The molecular formula is C21H24N4. The number of nitrogens with two attached hydrogens (primary N) is 1. The molecule has 1 aliphatic heterocycles. The van der Waals surface area contributed by atoms with E-state index in [9.17, 15) is 0 Å². The van der Waals surface area contributed by atoms with Gasteiger partial charge < -0.3 is 10.6 Å². The van der Waals surface area contributed by atoms with Gasteiger partial charge in [-0.3, -0.25) is 0 Å². The fourth-order valence-electron chi connectivity index (χ4n) is 3.74. The van der Waals surface area contributed by atoms with Crippen molar-refractivity contribution in [2.45, 2.75) is 19.3 Å². The van der Waals surface area contributed by atoms with Crippen LogP contribution in [0.3, 0.4) is 0 Å². The van der Waals surface area contributed by atoms with Gasteiger partial charge in [0, 0.05) is 24.0 Å². The molecule has 2 aromatic carbocycles. The number of hydrogen-bond donors (Lipinski definition) is 1. The largest absolute Gasteiger partial charge is 0.341 e. The molecule has 128 valence electrons. The van der Waals surface area contributed by atoms with Crippen LogP contribution in [0.4, 0.5) is 5.95 Å². The van der Waals surface area contributed by atoms with E-state index >= 15 is 0 Å². The number of piperidine rings is 1. The summed E-state index contributed by atoms with van der Waals surface area (Å²) in [5.41, 5.74) is 8.93. The molecule has 1 atom stereocenters. The van der Waals surface area contributed by atoms with Gasteiger partial charge in [0.25, 0.3) is 0 Å². The van der Waals surface area contributed by atoms with E-state index in [0.29, 0.717) is 5.92 Å². The van der Waals surface area contributed by atoms with Gasteiger partial charge in [-0.25, -0.2) is 9.97 Å². The quantitative estimate of drug-likeness (QED) is 0.788. The first kappa shape index (κ1) is 16.0. The number of benzene rings is 2. The molecule has 0 spiro atoms. The van der Waals surface area contributed by atoms with Crippen LogP contribution in [-0.4, -0.2) is 29.6 Å². The zero-order chi connectivity index (χ0) is 17.1. The van der Waals surface area contributed by atoms with Gasteiger partial charge in [-0.05, 0) is 37.8 Å². The molecule has 25 heavy (non-hydrogen) atoms. The molecule has 2 heterocycles. The number of nitrogens with zero attached hydrogens (tertiary/aromatic N) is 3. The highest BCUT2D eigenvalue weighted by Gasteiger charge is 2.22. The molecule has 4 rings (SSSR count). The molecule has 4 nitrogen and oxygen atoms in total. The first-order valence-corrected chi connectivity index (χ1v) is 9.12. The van der Waals surface area contributed by atoms with Gasteiger partial charge in [-0.1, -0.05) is 48.5 Å². The molecule has 1 aliphatic rings. The van der Waals surface area contributed by atoms with E-state index in [4.69, 9.17) is 15.7 Å². The van der Waals surface area contributed by atoms with Gasteiger partial charge in [-0.2, -0.15) is 0 Å². The van der Waals surface area contributed by atoms with Crippen molar-refractivity contribution in [3.05, 3.63) is 54.6 Å². The summed E-state index contributed by atoms with van der Waals surface area (Å²) in [6.07, 6.45) is 3.52. The van der Waals surface area contributed by atoms with E-state index in [2.05, 4.69) is 47.4 Å². The third-order valence-electron chi connectivity index (χ3n) is 5.02. The summed E-state index contributed by atoms with van der Waals surface area (Å²) in [5.74, 6) is 1.49. The molecule has 1 saturated heterocycles. The Morgan fingerprint density at radius 2 is 1.80 bits per heavy atom. The average Bonchev–Trinajstić information content (AvgIpc) is 2.68. The Hall–Kier alpha value is -2.46. The van der Waals surface area contributed by atoms with E-state index in [-0.39, 0.29) is 0 Å². The predicted octanol–water partition coefficient (Wildman–Crippen LogP) is 3.86. The average molecular weight is 332 g/mol. The lowest BCUT2D eigenvalue weighted by atomic mass is 9.95. The summed E-state index contributed by atoms with van der Waals surface area (Å²) in [7, 11) is 0. The van der Waals surface area contributed by atoms with Crippen LogP contribution in [0.25, 0.3) is 22.2 Å². The van der Waals surface area contributed by atoms with E-state index in [1.54, 1.807) is 0 Å². The second-order valence-electron chi connectivity index (χ2n) is 6.79. The smallest absolute Gasteiger partial charge is 0.226 e. The molecule has 2 N–H and O–H groups in total. The van der Waals surface area contributed by atoms with Crippen LogP contribution in [0.15, 0.2) is 54.6 Å². The molecule has 0 bridgehead atoms. The SMILES string of the molecule is NCCC1CCCN(c2nc(-c3ccccc3)c3ccccc3n2)C1. The first-order valence-electron chi connectivity index (χ1n) is 9.12. The number of aromatic nitrogens is 2. The Labute approximate surface area is 148 Å². The van der Waals surface area contributed by atoms with Gasteiger partial charge in [0.15, 0.2) is 0 Å². The van der Waals surface area contributed by atoms with Crippen molar-refractivity contribution in [1.29, 1.82) is 0 Å². The summed E-state index contributed by atoms with van der Waals surface area (Å²) < 4.78 is 0. The minimum atomic E-state index is 0.647. The van der Waals surface area contributed by atoms with Crippen molar-refractivity contribution in [2.24, 2.45) is 11.7 Å². The molecular weight excluding hydrogens is 308 g/mol. The Morgan fingerprint density at radius 3 is 2.64 bits per heavy atom. The van der Waals surface area contributed by atoms with Gasteiger partial charge in [0.1, 0.15) is 0 Å². The van der Waals surface area contributed by atoms with E-state index < -0.39 is 0 Å². The molecule has 0 saturated carbocycles. The number of para-hydroxylation sites is 1. The number of rotatable bonds is 4. The molecule has 1 fully saturated rings. The molecule has 1 unspecified atom stereocenters. The topological polar surface area (TPSA) is 55.0 Å². The summed E-state index contributed by atoms with van der Waals surface area (Å²) in [5, 5.41) is 1.10. The Kier molecular flexibility index (Phi) is 4.61. The first-order chi connectivity index (χ1) is 12.3. The molecule has 0 aliphatic carbocycles. The van der Waals surface area contributed by atoms with Gasteiger partial charge in [0.05, 0.1) is 11.2 Å². The lowest BCUT2D eigenvalue weighted by molar-refractivity contribution is 0.393. The van der Waals surface area contributed by atoms with Crippen LogP contribution in [0.1, 0.15) is 19.3 Å². The third kappa shape index (κ3) is 3.35. The maximum atomic E-state index is 5.77. The van der Waals surface area contributed by atoms with Crippen molar-refractivity contribution in [1.82, 2.24) is 9.97 Å². The Morgan fingerprint density at radius 1 is 1.00 bits per heavy atom. The highest BCUT2D eigenvalue weighted by molar-refractivity contribution is 5.93. The lowest BCUT2D eigenvalue weighted by Crippen LogP contribution is -2.37. The Balaban J connectivity index is 1.77. The van der Waals surface area contributed by atoms with Crippen molar-refractivity contribution in [3.63, 3.8) is 0 Å². The minimum absolute atomic E-state index is 0.647. The van der Waals surface area contributed by atoms with E-state index in [1.807, 2.05) is 12.1 Å². The van der Waals surface area contributed by atoms with Crippen molar-refractivity contribution < 1.29 is 0 Å². The molecule has 0 amide bonds. The second-order valence-corrected chi connectivity index (χ2v) is 6.79.